The molecule has 0 radical (unpaired) electrons. The van der Waals surface area contributed by atoms with Crippen molar-refractivity contribution in [3.63, 3.8) is 0 Å². The second-order valence-electron chi connectivity index (χ2n) is 6.06. The van der Waals surface area contributed by atoms with Gasteiger partial charge in [-0.05, 0) is 30.9 Å². The Labute approximate surface area is 139 Å². The summed E-state index contributed by atoms with van der Waals surface area (Å²) in [5.74, 6) is -0.583. The minimum Gasteiger partial charge on any atom is -0.387 e. The Bertz CT molecular complexity index is 612. The molecule has 1 aromatic heterocycles. The normalized spacial score (nSPS) is 20.2. The second-order valence-corrected chi connectivity index (χ2v) is 6.06. The molecule has 2 N–H and O–H groups in total. The number of hydrogen-bond donors (Lipinski definition) is 2. The lowest BCUT2D eigenvalue weighted by atomic mass is 9.89. The molecule has 2 aliphatic rings. The van der Waals surface area contributed by atoms with Gasteiger partial charge in [-0.1, -0.05) is 6.07 Å². The van der Waals surface area contributed by atoms with Crippen LogP contribution in [-0.2, 0) is 9.59 Å². The summed E-state index contributed by atoms with van der Waals surface area (Å²) in [5, 5.41) is 12.8. The topological polar surface area (TPSA) is 103 Å². The van der Waals surface area contributed by atoms with Crippen molar-refractivity contribution in [3.8, 4) is 0 Å². The van der Waals surface area contributed by atoms with E-state index in [1.54, 1.807) is 23.2 Å². The van der Waals surface area contributed by atoms with Gasteiger partial charge in [0.25, 0.3) is 5.91 Å². The lowest BCUT2D eigenvalue weighted by Crippen LogP contribution is -2.46. The molecule has 24 heavy (non-hydrogen) atoms. The number of nitrogens with zero attached hydrogens (tertiary/aromatic N) is 3. The maximum absolute atomic E-state index is 12.3. The monoisotopic (exact) mass is 332 g/mol. The van der Waals surface area contributed by atoms with Gasteiger partial charge in [0.1, 0.15) is 6.54 Å². The molecule has 0 unspecified atom stereocenters. The van der Waals surface area contributed by atoms with E-state index >= 15 is 0 Å². The van der Waals surface area contributed by atoms with Gasteiger partial charge in [0.05, 0.1) is 18.3 Å². The van der Waals surface area contributed by atoms with Crippen LogP contribution in [0.4, 0.5) is 4.79 Å². The van der Waals surface area contributed by atoms with Gasteiger partial charge in [-0.2, -0.15) is 0 Å². The molecule has 0 aliphatic carbocycles. The molecular weight excluding hydrogens is 312 g/mol. The van der Waals surface area contributed by atoms with Gasteiger partial charge >= 0.3 is 6.03 Å². The summed E-state index contributed by atoms with van der Waals surface area (Å²) < 4.78 is 0. The van der Waals surface area contributed by atoms with Gasteiger partial charge in [0.15, 0.2) is 0 Å². The van der Waals surface area contributed by atoms with Gasteiger partial charge in [-0.25, -0.2) is 4.79 Å². The van der Waals surface area contributed by atoms with Crippen LogP contribution in [0.5, 0.6) is 0 Å². The fourth-order valence-corrected chi connectivity index (χ4v) is 3.11. The highest BCUT2D eigenvalue weighted by Gasteiger charge is 2.33. The Morgan fingerprint density at radius 2 is 2.08 bits per heavy atom. The molecule has 2 aliphatic heterocycles. The molecule has 3 heterocycles. The standard InChI is InChI=1S/C16H20N4O4/c21-13-9-18-16(24)20(13)10-14(22)19-7-4-11(5-8-19)15(23)12-3-1-2-6-17-12/h1-3,6,11,15,23H,4-5,7-10H2,(H,18,24)/t15-/m1/s1. The first-order valence-corrected chi connectivity index (χ1v) is 8.01. The highest BCUT2D eigenvalue weighted by molar-refractivity contribution is 6.04. The lowest BCUT2D eigenvalue weighted by molar-refractivity contribution is -0.138. The van der Waals surface area contributed by atoms with Gasteiger partial charge in [0, 0.05) is 19.3 Å². The number of likely N-dealkylation sites (tertiary alicyclic amines) is 1. The van der Waals surface area contributed by atoms with E-state index in [2.05, 4.69) is 10.3 Å². The Morgan fingerprint density at radius 3 is 2.67 bits per heavy atom. The highest BCUT2D eigenvalue weighted by atomic mass is 16.3. The smallest absolute Gasteiger partial charge is 0.325 e. The molecule has 0 saturated carbocycles. The summed E-state index contributed by atoms with van der Waals surface area (Å²) in [6.07, 6.45) is 2.32. The molecule has 0 bridgehead atoms. The Morgan fingerprint density at radius 1 is 1.33 bits per heavy atom. The van der Waals surface area contributed by atoms with Crippen molar-refractivity contribution in [1.82, 2.24) is 20.1 Å². The molecular formula is C16H20N4O4. The van der Waals surface area contributed by atoms with Gasteiger partial charge in [-0.15, -0.1) is 0 Å². The first kappa shape index (κ1) is 16.4. The van der Waals surface area contributed by atoms with Crippen LogP contribution < -0.4 is 5.32 Å². The van der Waals surface area contributed by atoms with Crippen LogP contribution in [0.25, 0.3) is 0 Å². The van der Waals surface area contributed by atoms with Crippen LogP contribution >= 0.6 is 0 Å². The fourth-order valence-electron chi connectivity index (χ4n) is 3.11. The lowest BCUT2D eigenvalue weighted by Gasteiger charge is -2.34. The second kappa shape index (κ2) is 6.96. The predicted octanol–water partition coefficient (Wildman–Crippen LogP) is -0.0946. The molecule has 1 aromatic rings. The summed E-state index contributed by atoms with van der Waals surface area (Å²) in [5.41, 5.74) is 0.640. The van der Waals surface area contributed by atoms with Crippen LogP contribution in [-0.4, -0.2) is 63.9 Å². The number of carbonyl (C=O) groups is 3. The number of urea groups is 1. The molecule has 1 atom stereocenters. The Hall–Kier alpha value is -2.48. The molecule has 8 nitrogen and oxygen atoms in total. The van der Waals surface area contributed by atoms with E-state index in [9.17, 15) is 19.5 Å². The fraction of sp³-hybridized carbons (Fsp3) is 0.500. The molecule has 3 rings (SSSR count). The number of rotatable bonds is 4. The van der Waals surface area contributed by atoms with Crippen molar-refractivity contribution in [2.75, 3.05) is 26.2 Å². The largest absolute Gasteiger partial charge is 0.387 e. The van der Waals surface area contributed by atoms with Crippen LogP contribution in [0.3, 0.4) is 0 Å². The van der Waals surface area contributed by atoms with Crippen molar-refractivity contribution < 1.29 is 19.5 Å². The van der Waals surface area contributed by atoms with Crippen LogP contribution in [0.15, 0.2) is 24.4 Å². The number of amides is 4. The van der Waals surface area contributed by atoms with Crippen molar-refractivity contribution in [2.24, 2.45) is 5.92 Å². The number of nitrogens with one attached hydrogen (secondary N) is 1. The quantitative estimate of drug-likeness (QED) is 0.750. The van der Waals surface area contributed by atoms with Gasteiger partial charge < -0.3 is 15.3 Å². The van der Waals surface area contributed by atoms with Crippen LogP contribution in [0.2, 0.25) is 0 Å². The minimum absolute atomic E-state index is 0.0423. The number of aliphatic hydroxyl groups is 1. The van der Waals surface area contributed by atoms with Crippen molar-refractivity contribution in [3.05, 3.63) is 30.1 Å². The maximum Gasteiger partial charge on any atom is 0.325 e. The number of imide groups is 1. The molecule has 4 amide bonds. The summed E-state index contributed by atoms with van der Waals surface area (Å²) in [6, 6.07) is 4.91. The van der Waals surface area contributed by atoms with E-state index in [0.29, 0.717) is 31.6 Å². The van der Waals surface area contributed by atoms with Crippen molar-refractivity contribution in [1.29, 1.82) is 0 Å². The maximum atomic E-state index is 12.3. The molecule has 8 heteroatoms. The summed E-state index contributed by atoms with van der Waals surface area (Å²) in [6.45, 7) is 0.719. The predicted molar refractivity (Wildman–Crippen MR) is 83.6 cm³/mol. The molecule has 2 saturated heterocycles. The first-order chi connectivity index (χ1) is 11.6. The average molecular weight is 332 g/mol. The number of hydrogen-bond acceptors (Lipinski definition) is 5. The van der Waals surface area contributed by atoms with Crippen molar-refractivity contribution >= 4 is 17.8 Å². The summed E-state index contributed by atoms with van der Waals surface area (Å²) in [4.78, 5) is 42.0. The SMILES string of the molecule is O=C(CN1C(=O)CNC1=O)N1CCC([C@@H](O)c2ccccn2)CC1. The molecule has 2 fully saturated rings. The van der Waals surface area contributed by atoms with E-state index in [4.69, 9.17) is 0 Å². The van der Waals surface area contributed by atoms with E-state index in [-0.39, 0.29) is 30.8 Å². The number of piperidine rings is 1. The summed E-state index contributed by atoms with van der Waals surface area (Å²) in [7, 11) is 0. The zero-order chi connectivity index (χ0) is 17.1. The number of carbonyl (C=O) groups excluding carboxylic acids is 3. The van der Waals surface area contributed by atoms with Gasteiger partial charge in [-0.3, -0.25) is 19.5 Å². The number of pyridine rings is 1. The van der Waals surface area contributed by atoms with Crippen molar-refractivity contribution in [2.45, 2.75) is 18.9 Å². The van der Waals surface area contributed by atoms with E-state index in [0.717, 1.165) is 4.90 Å². The third kappa shape index (κ3) is 3.38. The van der Waals surface area contributed by atoms with Crippen LogP contribution in [0, 0.1) is 5.92 Å². The third-order valence-corrected chi connectivity index (χ3v) is 4.56. The Balaban J connectivity index is 1.52. The average Bonchev–Trinajstić information content (AvgIpc) is 2.94. The van der Waals surface area contributed by atoms with E-state index in [1.807, 2.05) is 6.07 Å². The van der Waals surface area contributed by atoms with Crippen LogP contribution in [0.1, 0.15) is 24.6 Å². The Kier molecular flexibility index (Phi) is 4.75. The zero-order valence-corrected chi connectivity index (χ0v) is 13.2. The third-order valence-electron chi connectivity index (χ3n) is 4.56. The van der Waals surface area contributed by atoms with E-state index < -0.39 is 12.1 Å². The number of aliphatic hydroxyl groups excluding tert-OH is 1. The molecule has 0 aromatic carbocycles. The van der Waals surface area contributed by atoms with E-state index in [1.165, 1.54) is 0 Å². The first-order valence-electron chi connectivity index (χ1n) is 8.01. The number of aromatic nitrogens is 1. The molecule has 0 spiro atoms. The zero-order valence-electron chi connectivity index (χ0n) is 13.2. The summed E-state index contributed by atoms with van der Waals surface area (Å²) >= 11 is 0. The minimum atomic E-state index is -0.644. The molecule has 128 valence electrons. The highest BCUT2D eigenvalue weighted by Crippen LogP contribution is 2.29. The van der Waals surface area contributed by atoms with Gasteiger partial charge in [0.2, 0.25) is 5.91 Å².